The number of hydrogen-bond donors (Lipinski definition) is 1. The Balaban J connectivity index is 2.31. The average molecular weight is 371 g/mol. The highest BCUT2D eigenvalue weighted by atomic mass is 35.5. The quantitative estimate of drug-likeness (QED) is 0.455. The lowest BCUT2D eigenvalue weighted by molar-refractivity contribution is 0.303. The zero-order chi connectivity index (χ0) is 18.6. The minimum Gasteiger partial charge on any atom is -0.489 e. The van der Waals surface area contributed by atoms with Crippen LogP contribution < -0.4 is 10.5 Å². The number of ether oxygens (including phenoxy) is 1. The molecule has 2 aromatic carbocycles. The van der Waals surface area contributed by atoms with Gasteiger partial charge in [-0.05, 0) is 78.9 Å². The van der Waals surface area contributed by atoms with Crippen LogP contribution in [-0.2, 0) is 6.61 Å². The van der Waals surface area contributed by atoms with Crippen molar-refractivity contribution in [3.8, 4) is 11.8 Å². The van der Waals surface area contributed by atoms with E-state index in [1.807, 2.05) is 45.0 Å². The van der Waals surface area contributed by atoms with Crippen LogP contribution in [0.3, 0.4) is 0 Å². The Morgan fingerprint density at radius 3 is 2.52 bits per heavy atom. The molecule has 0 atom stereocenters. The number of nitriles is 1. The van der Waals surface area contributed by atoms with E-state index in [1.54, 1.807) is 12.1 Å². The molecule has 3 nitrogen and oxygen atoms in total. The Labute approximate surface area is 158 Å². The van der Waals surface area contributed by atoms with Crippen molar-refractivity contribution in [1.29, 1.82) is 5.26 Å². The van der Waals surface area contributed by atoms with Gasteiger partial charge >= 0.3 is 0 Å². The Hall–Kier alpha value is -2.35. The fourth-order valence-electron chi connectivity index (χ4n) is 2.47. The van der Waals surface area contributed by atoms with Gasteiger partial charge in [0.2, 0.25) is 0 Å². The summed E-state index contributed by atoms with van der Waals surface area (Å²) in [4.78, 5) is 0.0945. The predicted molar refractivity (Wildman–Crippen MR) is 107 cm³/mol. The third-order valence-electron chi connectivity index (χ3n) is 3.93. The summed E-state index contributed by atoms with van der Waals surface area (Å²) in [7, 11) is 0. The molecular formula is C20H19ClN2OS. The summed E-state index contributed by atoms with van der Waals surface area (Å²) in [5.41, 5.74) is 11.0. The monoisotopic (exact) mass is 370 g/mol. The molecule has 0 heterocycles. The average Bonchev–Trinajstić information content (AvgIpc) is 2.54. The SMILES string of the molecule is Cc1cc(C)c(COc2ccc(Cl)cc2C)cc1/C=C(\C#N)C(N)=S. The summed E-state index contributed by atoms with van der Waals surface area (Å²) >= 11 is 10.9. The molecule has 0 fully saturated rings. The molecule has 0 saturated heterocycles. The molecule has 5 heteroatoms. The van der Waals surface area contributed by atoms with Crippen molar-refractivity contribution in [3.63, 3.8) is 0 Å². The highest BCUT2D eigenvalue weighted by Crippen LogP contribution is 2.25. The summed E-state index contributed by atoms with van der Waals surface area (Å²) < 4.78 is 5.94. The molecule has 0 aliphatic heterocycles. The summed E-state index contributed by atoms with van der Waals surface area (Å²) in [6, 6.07) is 11.6. The largest absolute Gasteiger partial charge is 0.489 e. The van der Waals surface area contributed by atoms with Crippen molar-refractivity contribution >= 4 is 34.9 Å². The van der Waals surface area contributed by atoms with E-state index < -0.39 is 0 Å². The third kappa shape index (κ3) is 4.82. The summed E-state index contributed by atoms with van der Waals surface area (Å²) in [5.74, 6) is 0.794. The summed E-state index contributed by atoms with van der Waals surface area (Å²) in [5, 5.41) is 9.84. The first-order chi connectivity index (χ1) is 11.8. The maximum Gasteiger partial charge on any atom is 0.122 e. The number of thiocarbonyl (C=S) groups is 1. The van der Waals surface area contributed by atoms with Crippen LogP contribution in [0, 0.1) is 32.1 Å². The molecule has 0 bridgehead atoms. The second kappa shape index (κ2) is 8.15. The lowest BCUT2D eigenvalue weighted by atomic mass is 9.98. The summed E-state index contributed by atoms with van der Waals surface area (Å²) in [6.45, 7) is 6.40. The number of hydrogen-bond acceptors (Lipinski definition) is 3. The molecule has 0 aliphatic carbocycles. The molecule has 2 N–H and O–H groups in total. The molecule has 0 aromatic heterocycles. The minimum atomic E-state index is 0.0945. The lowest BCUT2D eigenvalue weighted by Crippen LogP contribution is -2.10. The number of halogens is 1. The van der Waals surface area contributed by atoms with Gasteiger partial charge in [0.1, 0.15) is 23.4 Å². The standard InChI is InChI=1S/C20H19ClN2OS/c1-12-6-13(2)17(9-15(12)8-16(10-22)20(23)25)11-24-19-5-4-18(21)7-14(19)3/h4-9H,11H2,1-3H3,(H2,23,25)/b16-8+. The number of benzene rings is 2. The van der Waals surface area contributed by atoms with Crippen LogP contribution in [0.15, 0.2) is 35.9 Å². The van der Waals surface area contributed by atoms with Gasteiger partial charge in [-0.1, -0.05) is 29.9 Å². The molecule has 0 radical (unpaired) electrons. The van der Waals surface area contributed by atoms with Gasteiger partial charge in [0.05, 0.1) is 5.57 Å². The molecule has 2 aromatic rings. The van der Waals surface area contributed by atoms with Gasteiger partial charge in [0.25, 0.3) is 0 Å². The highest BCUT2D eigenvalue weighted by Gasteiger charge is 2.08. The lowest BCUT2D eigenvalue weighted by Gasteiger charge is -2.13. The number of nitrogens with two attached hydrogens (primary N) is 1. The molecular weight excluding hydrogens is 352 g/mol. The van der Waals surface area contributed by atoms with Gasteiger partial charge in [-0.25, -0.2) is 0 Å². The topological polar surface area (TPSA) is 59.0 Å². The highest BCUT2D eigenvalue weighted by molar-refractivity contribution is 7.80. The minimum absolute atomic E-state index is 0.0945. The van der Waals surface area contributed by atoms with Crippen LogP contribution in [-0.4, -0.2) is 4.99 Å². The number of aryl methyl sites for hydroxylation is 3. The van der Waals surface area contributed by atoms with E-state index in [-0.39, 0.29) is 4.99 Å². The first kappa shape index (κ1) is 19.0. The van der Waals surface area contributed by atoms with Crippen molar-refractivity contribution in [3.05, 3.63) is 68.7 Å². The van der Waals surface area contributed by atoms with Crippen LogP contribution in [0.25, 0.3) is 6.08 Å². The van der Waals surface area contributed by atoms with Crippen molar-refractivity contribution in [2.75, 3.05) is 0 Å². The predicted octanol–water partition coefficient (Wildman–Crippen LogP) is 5.04. The van der Waals surface area contributed by atoms with Gasteiger partial charge in [-0.2, -0.15) is 5.26 Å². The zero-order valence-electron chi connectivity index (χ0n) is 14.4. The Morgan fingerprint density at radius 1 is 1.20 bits per heavy atom. The first-order valence-corrected chi connectivity index (χ1v) is 8.51. The molecule has 25 heavy (non-hydrogen) atoms. The first-order valence-electron chi connectivity index (χ1n) is 7.72. The molecule has 2 rings (SSSR count). The van der Waals surface area contributed by atoms with Gasteiger partial charge in [-0.3, -0.25) is 0 Å². The number of nitrogens with zero attached hydrogens (tertiary/aromatic N) is 1. The molecule has 0 spiro atoms. The van der Waals surface area contributed by atoms with Crippen LogP contribution in [0.4, 0.5) is 0 Å². The van der Waals surface area contributed by atoms with Gasteiger partial charge in [0.15, 0.2) is 0 Å². The second-order valence-corrected chi connectivity index (χ2v) is 6.74. The Morgan fingerprint density at radius 2 is 1.92 bits per heavy atom. The molecule has 0 unspecified atom stereocenters. The van der Waals surface area contributed by atoms with Crippen LogP contribution in [0.5, 0.6) is 5.75 Å². The van der Waals surface area contributed by atoms with Crippen molar-refractivity contribution < 1.29 is 4.74 Å². The van der Waals surface area contributed by atoms with E-state index in [2.05, 4.69) is 6.07 Å². The van der Waals surface area contributed by atoms with Crippen LogP contribution >= 0.6 is 23.8 Å². The van der Waals surface area contributed by atoms with Crippen LogP contribution in [0.1, 0.15) is 27.8 Å². The molecule has 0 saturated carbocycles. The third-order valence-corrected chi connectivity index (χ3v) is 4.39. The van der Waals surface area contributed by atoms with Crippen LogP contribution in [0.2, 0.25) is 5.02 Å². The molecule has 128 valence electrons. The molecule has 0 amide bonds. The maximum atomic E-state index is 9.16. The Bertz CT molecular complexity index is 897. The van der Waals surface area contributed by atoms with E-state index in [0.29, 0.717) is 17.2 Å². The summed E-state index contributed by atoms with van der Waals surface area (Å²) in [6.07, 6.45) is 1.72. The number of rotatable bonds is 5. The van der Waals surface area contributed by atoms with E-state index >= 15 is 0 Å². The van der Waals surface area contributed by atoms with Crippen molar-refractivity contribution in [1.82, 2.24) is 0 Å². The Kier molecular flexibility index (Phi) is 6.19. The van der Waals surface area contributed by atoms with Gasteiger partial charge in [-0.15, -0.1) is 0 Å². The van der Waals surface area contributed by atoms with E-state index in [1.165, 1.54) is 0 Å². The van der Waals surface area contributed by atoms with Crippen molar-refractivity contribution in [2.24, 2.45) is 5.73 Å². The van der Waals surface area contributed by atoms with E-state index in [9.17, 15) is 0 Å². The smallest absolute Gasteiger partial charge is 0.122 e. The maximum absolute atomic E-state index is 9.16. The van der Waals surface area contributed by atoms with E-state index in [0.717, 1.165) is 33.6 Å². The second-order valence-electron chi connectivity index (χ2n) is 5.87. The van der Waals surface area contributed by atoms with Crippen molar-refractivity contribution in [2.45, 2.75) is 27.4 Å². The fraction of sp³-hybridized carbons (Fsp3) is 0.200. The zero-order valence-corrected chi connectivity index (χ0v) is 16.0. The van der Waals surface area contributed by atoms with Gasteiger partial charge < -0.3 is 10.5 Å². The normalized spacial score (nSPS) is 11.1. The molecule has 0 aliphatic rings. The van der Waals surface area contributed by atoms with Gasteiger partial charge in [0, 0.05) is 5.02 Å². The van der Waals surface area contributed by atoms with E-state index in [4.69, 9.17) is 39.6 Å². The fourth-order valence-corrected chi connectivity index (χ4v) is 2.80.